The third kappa shape index (κ3) is 3.89. The minimum absolute atomic E-state index is 0.0167. The molecule has 0 aromatic heterocycles. The Morgan fingerprint density at radius 2 is 1.80 bits per heavy atom. The van der Waals surface area contributed by atoms with Crippen LogP contribution in [0.5, 0.6) is 0 Å². The predicted molar refractivity (Wildman–Crippen MR) is 102 cm³/mol. The number of carbonyl (C=O) groups is 2. The highest BCUT2D eigenvalue weighted by atomic mass is 35.5. The van der Waals surface area contributed by atoms with Gasteiger partial charge in [0.2, 0.25) is 11.8 Å². The number of carbonyl (C=O) groups excluding carboxylic acids is 2. The SMILES string of the molecule is Cc1cc2c(cc1C)NC(CC(=O)Nc1ccc(Cl)cc1Cl)C(=O)N2. The van der Waals surface area contributed by atoms with Crippen molar-refractivity contribution in [2.75, 3.05) is 16.0 Å². The van der Waals surface area contributed by atoms with Gasteiger partial charge in [-0.3, -0.25) is 9.59 Å². The van der Waals surface area contributed by atoms with E-state index >= 15 is 0 Å². The van der Waals surface area contributed by atoms with Crippen molar-refractivity contribution in [3.8, 4) is 0 Å². The van der Waals surface area contributed by atoms with Crippen LogP contribution in [0.3, 0.4) is 0 Å². The van der Waals surface area contributed by atoms with E-state index in [1.807, 2.05) is 26.0 Å². The van der Waals surface area contributed by atoms with Crippen LogP contribution < -0.4 is 16.0 Å². The standard InChI is InChI=1S/C18H17Cl2N3O2/c1-9-5-14-15(6-10(9)2)23-18(25)16(21-14)8-17(24)22-13-4-3-11(19)7-12(13)20/h3-7,16,21H,8H2,1-2H3,(H,22,24)(H,23,25). The zero-order chi connectivity index (χ0) is 18.1. The summed E-state index contributed by atoms with van der Waals surface area (Å²) in [5.74, 6) is -0.558. The number of nitrogens with one attached hydrogen (secondary N) is 3. The van der Waals surface area contributed by atoms with Crippen LogP contribution in [-0.4, -0.2) is 17.9 Å². The van der Waals surface area contributed by atoms with Crippen molar-refractivity contribution in [3.63, 3.8) is 0 Å². The molecule has 1 unspecified atom stereocenters. The summed E-state index contributed by atoms with van der Waals surface area (Å²) in [7, 11) is 0. The molecule has 0 fully saturated rings. The monoisotopic (exact) mass is 377 g/mol. The summed E-state index contributed by atoms with van der Waals surface area (Å²) in [6, 6.07) is 8.03. The second kappa shape index (κ2) is 6.94. The number of hydrogen-bond acceptors (Lipinski definition) is 3. The first-order valence-corrected chi connectivity index (χ1v) is 8.52. The molecule has 25 heavy (non-hydrogen) atoms. The van der Waals surface area contributed by atoms with Crippen LogP contribution in [-0.2, 0) is 9.59 Å². The Morgan fingerprint density at radius 3 is 2.48 bits per heavy atom. The molecule has 2 amide bonds. The molecule has 3 rings (SSSR count). The summed E-state index contributed by atoms with van der Waals surface area (Å²) in [6.07, 6.45) is -0.0167. The van der Waals surface area contributed by atoms with E-state index in [1.54, 1.807) is 18.2 Å². The second-order valence-electron chi connectivity index (χ2n) is 6.04. The van der Waals surface area contributed by atoms with Gasteiger partial charge in [0.1, 0.15) is 6.04 Å². The molecule has 0 aliphatic carbocycles. The van der Waals surface area contributed by atoms with E-state index < -0.39 is 6.04 Å². The number of benzene rings is 2. The molecule has 1 aliphatic rings. The molecule has 7 heteroatoms. The van der Waals surface area contributed by atoms with E-state index in [9.17, 15) is 9.59 Å². The first-order chi connectivity index (χ1) is 11.8. The maximum absolute atomic E-state index is 12.3. The van der Waals surface area contributed by atoms with Gasteiger partial charge in [0.15, 0.2) is 0 Å². The van der Waals surface area contributed by atoms with Crippen molar-refractivity contribution in [3.05, 3.63) is 51.5 Å². The molecule has 0 bridgehead atoms. The van der Waals surface area contributed by atoms with E-state index in [2.05, 4.69) is 16.0 Å². The number of aryl methyl sites for hydroxylation is 2. The third-order valence-corrected chi connectivity index (χ3v) is 4.68. The Bertz CT molecular complexity index is 868. The van der Waals surface area contributed by atoms with Crippen LogP contribution >= 0.6 is 23.2 Å². The van der Waals surface area contributed by atoms with Crippen LogP contribution in [0.4, 0.5) is 17.1 Å². The van der Waals surface area contributed by atoms with Crippen molar-refractivity contribution >= 4 is 52.1 Å². The number of halogens is 2. The maximum atomic E-state index is 12.3. The van der Waals surface area contributed by atoms with Crippen LogP contribution in [0.1, 0.15) is 17.5 Å². The molecule has 0 spiro atoms. The molecule has 0 radical (unpaired) electrons. The van der Waals surface area contributed by atoms with Gasteiger partial charge >= 0.3 is 0 Å². The van der Waals surface area contributed by atoms with Gasteiger partial charge in [0.05, 0.1) is 28.5 Å². The summed E-state index contributed by atoms with van der Waals surface area (Å²) in [5.41, 5.74) is 4.20. The smallest absolute Gasteiger partial charge is 0.247 e. The first-order valence-electron chi connectivity index (χ1n) is 7.77. The van der Waals surface area contributed by atoms with Crippen molar-refractivity contribution in [2.45, 2.75) is 26.3 Å². The van der Waals surface area contributed by atoms with Gasteiger partial charge in [-0.1, -0.05) is 23.2 Å². The van der Waals surface area contributed by atoms with Crippen molar-refractivity contribution in [2.24, 2.45) is 0 Å². The number of anilines is 3. The zero-order valence-corrected chi connectivity index (χ0v) is 15.3. The maximum Gasteiger partial charge on any atom is 0.247 e. The number of hydrogen-bond donors (Lipinski definition) is 3. The van der Waals surface area contributed by atoms with Crippen LogP contribution in [0.25, 0.3) is 0 Å². The van der Waals surface area contributed by atoms with Crippen LogP contribution in [0.15, 0.2) is 30.3 Å². The fourth-order valence-corrected chi connectivity index (χ4v) is 3.09. The highest BCUT2D eigenvalue weighted by Crippen LogP contribution is 2.31. The normalized spacial score (nSPS) is 15.8. The summed E-state index contributed by atoms with van der Waals surface area (Å²) in [6.45, 7) is 3.98. The average molecular weight is 378 g/mol. The fraction of sp³-hybridized carbons (Fsp3) is 0.222. The summed E-state index contributed by atoms with van der Waals surface area (Å²) in [5, 5.41) is 9.50. The van der Waals surface area contributed by atoms with Gasteiger partial charge in [0, 0.05) is 5.02 Å². The van der Waals surface area contributed by atoms with Crippen LogP contribution in [0, 0.1) is 13.8 Å². The minimum atomic E-state index is -0.652. The highest BCUT2D eigenvalue weighted by molar-refractivity contribution is 6.36. The Morgan fingerprint density at radius 1 is 1.12 bits per heavy atom. The zero-order valence-electron chi connectivity index (χ0n) is 13.7. The van der Waals surface area contributed by atoms with Gasteiger partial charge in [-0.2, -0.15) is 0 Å². The van der Waals surface area contributed by atoms with Gasteiger partial charge in [-0.15, -0.1) is 0 Å². The molecule has 2 aromatic rings. The Kier molecular flexibility index (Phi) is 4.88. The van der Waals surface area contributed by atoms with E-state index in [0.29, 0.717) is 15.7 Å². The molecule has 1 aliphatic heterocycles. The molecule has 130 valence electrons. The second-order valence-corrected chi connectivity index (χ2v) is 6.89. The van der Waals surface area contributed by atoms with Gasteiger partial charge < -0.3 is 16.0 Å². The minimum Gasteiger partial charge on any atom is -0.372 e. The largest absolute Gasteiger partial charge is 0.372 e. The lowest BCUT2D eigenvalue weighted by atomic mass is 10.0. The number of amides is 2. The van der Waals surface area contributed by atoms with Gasteiger partial charge in [-0.25, -0.2) is 0 Å². The molecule has 3 N–H and O–H groups in total. The van der Waals surface area contributed by atoms with Gasteiger partial charge in [-0.05, 0) is 55.3 Å². The molecule has 0 saturated carbocycles. The molecule has 1 atom stereocenters. The highest BCUT2D eigenvalue weighted by Gasteiger charge is 2.28. The first kappa shape index (κ1) is 17.6. The van der Waals surface area contributed by atoms with Crippen LogP contribution in [0.2, 0.25) is 10.0 Å². The Labute approximate surface area is 155 Å². The van der Waals surface area contributed by atoms with Gasteiger partial charge in [0.25, 0.3) is 0 Å². The predicted octanol–water partition coefficient (Wildman–Crippen LogP) is 4.37. The number of fused-ring (bicyclic) bond motifs is 1. The molecule has 0 saturated heterocycles. The Balaban J connectivity index is 1.71. The molecule has 1 heterocycles. The number of rotatable bonds is 3. The summed E-state index contributed by atoms with van der Waals surface area (Å²) in [4.78, 5) is 24.5. The van der Waals surface area contributed by atoms with Crippen molar-refractivity contribution < 1.29 is 9.59 Å². The topological polar surface area (TPSA) is 70.2 Å². The molecular formula is C18H17Cl2N3O2. The third-order valence-electron chi connectivity index (χ3n) is 4.13. The summed E-state index contributed by atoms with van der Waals surface area (Å²) >= 11 is 11.9. The average Bonchev–Trinajstić information content (AvgIpc) is 2.53. The fourth-order valence-electron chi connectivity index (χ4n) is 2.63. The van der Waals surface area contributed by atoms with E-state index in [4.69, 9.17) is 23.2 Å². The van der Waals surface area contributed by atoms with E-state index in [-0.39, 0.29) is 18.2 Å². The quantitative estimate of drug-likeness (QED) is 0.743. The Hall–Kier alpha value is -2.24. The molecular weight excluding hydrogens is 361 g/mol. The lowest BCUT2D eigenvalue weighted by molar-refractivity contribution is -0.122. The van der Waals surface area contributed by atoms with E-state index in [1.165, 1.54) is 0 Å². The molecule has 5 nitrogen and oxygen atoms in total. The molecule has 2 aromatic carbocycles. The lowest BCUT2D eigenvalue weighted by Gasteiger charge is -2.27. The van der Waals surface area contributed by atoms with E-state index in [0.717, 1.165) is 22.5 Å². The lowest BCUT2D eigenvalue weighted by Crippen LogP contribution is -2.41. The summed E-state index contributed by atoms with van der Waals surface area (Å²) < 4.78 is 0. The van der Waals surface area contributed by atoms with Crippen molar-refractivity contribution in [1.82, 2.24) is 0 Å². The van der Waals surface area contributed by atoms with Crippen molar-refractivity contribution in [1.29, 1.82) is 0 Å².